The van der Waals surface area contributed by atoms with Crippen molar-refractivity contribution in [3.05, 3.63) is 139 Å². The molecule has 0 amide bonds. The molecule has 0 unspecified atom stereocenters. The molecule has 0 spiro atoms. The summed E-state index contributed by atoms with van der Waals surface area (Å²) in [6.45, 7) is 13.6. The maximum atomic E-state index is 4.84. The summed E-state index contributed by atoms with van der Waals surface area (Å²) in [5.74, 6) is 0. The summed E-state index contributed by atoms with van der Waals surface area (Å²) in [6.07, 6.45) is 4.12. The molecule has 5 nitrogen and oxygen atoms in total. The number of nitrogens with zero attached hydrogens (tertiary/aromatic N) is 5. The number of aromatic nitrogens is 4. The standard InChI is InChI=1S/C40H37N5.Pt/c1-39(2,3)30-21-31(40(4,5)6)23-36(22-30)45(34-17-11-15-32(24-34)43-26-28-13-7-9-19-37(28)41-43)35-18-12-16-33(25-35)44-27-29-14-8-10-20-38(29)42-44;/h7-23,26-27H,1-6H3;/q-2;+2. The molecule has 0 saturated carbocycles. The topological polar surface area (TPSA) is 38.9 Å². The normalized spacial score (nSPS) is 12.0. The SMILES string of the molecule is CC(C)(C)c1cc(N(c2[c-]c(-n3cc4ccccc4n3)ccc2)c2[c-]c(-n3cc4ccccc4n3)ccc2)cc(C(C)(C)C)c1.[Pt+2]. The maximum absolute atomic E-state index is 4.84. The molecule has 46 heavy (non-hydrogen) atoms. The van der Waals surface area contributed by atoms with E-state index in [4.69, 9.17) is 10.2 Å². The number of hydrogen-bond donors (Lipinski definition) is 0. The first-order chi connectivity index (χ1) is 21.5. The summed E-state index contributed by atoms with van der Waals surface area (Å²) in [7, 11) is 0. The smallest absolute Gasteiger partial charge is 0.358 e. The molecule has 2 heterocycles. The molecular formula is C40H37N5Pt. The summed E-state index contributed by atoms with van der Waals surface area (Å²) < 4.78 is 3.82. The van der Waals surface area contributed by atoms with Crippen molar-refractivity contribution in [1.29, 1.82) is 0 Å². The van der Waals surface area contributed by atoms with Gasteiger partial charge in [0.25, 0.3) is 0 Å². The second-order valence-corrected chi connectivity index (χ2v) is 13.7. The molecule has 0 fully saturated rings. The number of anilines is 3. The number of fused-ring (bicyclic) bond motifs is 2. The van der Waals surface area contributed by atoms with Crippen molar-refractivity contribution in [3.63, 3.8) is 0 Å². The van der Waals surface area contributed by atoms with Crippen molar-refractivity contribution < 1.29 is 21.1 Å². The van der Waals surface area contributed by atoms with E-state index in [1.54, 1.807) is 0 Å². The molecule has 0 radical (unpaired) electrons. The fraction of sp³-hybridized carbons (Fsp3) is 0.200. The van der Waals surface area contributed by atoms with Crippen LogP contribution in [0.2, 0.25) is 0 Å². The van der Waals surface area contributed by atoms with Crippen LogP contribution in [0, 0.1) is 12.1 Å². The zero-order valence-corrected chi connectivity index (χ0v) is 29.3. The van der Waals surface area contributed by atoms with Crippen LogP contribution in [0.25, 0.3) is 33.2 Å². The third-order valence-corrected chi connectivity index (χ3v) is 8.24. The number of hydrogen-bond acceptors (Lipinski definition) is 3. The largest absolute Gasteiger partial charge is 2.00 e. The van der Waals surface area contributed by atoms with Crippen LogP contribution in [0.5, 0.6) is 0 Å². The minimum atomic E-state index is -0.0386. The van der Waals surface area contributed by atoms with Gasteiger partial charge in [0.1, 0.15) is 0 Å². The Balaban J connectivity index is 0.00000372. The zero-order valence-electron chi connectivity index (χ0n) is 27.0. The summed E-state index contributed by atoms with van der Waals surface area (Å²) in [6, 6.07) is 43.2. The Morgan fingerprint density at radius 3 is 1.39 bits per heavy atom. The van der Waals surface area contributed by atoms with Gasteiger partial charge >= 0.3 is 21.1 Å². The Hall–Kier alpha value is -4.47. The average Bonchev–Trinajstić information content (AvgIpc) is 3.66. The molecule has 0 bridgehead atoms. The molecule has 7 rings (SSSR count). The van der Waals surface area contributed by atoms with Gasteiger partial charge in [0.05, 0.1) is 11.0 Å². The van der Waals surface area contributed by atoms with Crippen molar-refractivity contribution in [2.24, 2.45) is 0 Å². The Bertz CT molecular complexity index is 1940. The van der Waals surface area contributed by atoms with Crippen LogP contribution >= 0.6 is 0 Å². The minimum absolute atomic E-state index is 0. The van der Waals surface area contributed by atoms with Crippen LogP contribution in [0.15, 0.2) is 116 Å². The van der Waals surface area contributed by atoms with Gasteiger partial charge in [-0.2, -0.15) is 22.3 Å². The van der Waals surface area contributed by atoms with E-state index < -0.39 is 0 Å². The van der Waals surface area contributed by atoms with E-state index in [-0.39, 0.29) is 31.9 Å². The zero-order chi connectivity index (χ0) is 31.3. The third kappa shape index (κ3) is 6.17. The number of benzene rings is 5. The Kier molecular flexibility index (Phi) is 8.25. The molecule has 0 aliphatic rings. The molecular weight excluding hydrogens is 746 g/mol. The Labute approximate surface area is 285 Å². The van der Waals surface area contributed by atoms with Crippen LogP contribution in [-0.4, -0.2) is 19.6 Å². The van der Waals surface area contributed by atoms with E-state index in [0.29, 0.717) is 0 Å². The van der Waals surface area contributed by atoms with Crippen molar-refractivity contribution in [1.82, 2.24) is 19.6 Å². The molecule has 7 aromatic rings. The van der Waals surface area contributed by atoms with Gasteiger partial charge in [0.15, 0.2) is 0 Å². The third-order valence-electron chi connectivity index (χ3n) is 8.24. The molecule has 6 heteroatoms. The van der Waals surface area contributed by atoms with E-state index in [1.807, 2.05) is 45.8 Å². The van der Waals surface area contributed by atoms with E-state index >= 15 is 0 Å². The van der Waals surface area contributed by atoms with Crippen LogP contribution in [0.4, 0.5) is 17.1 Å². The van der Waals surface area contributed by atoms with Crippen LogP contribution in [-0.2, 0) is 31.9 Å². The van der Waals surface area contributed by atoms with Gasteiger partial charge in [0.2, 0.25) is 0 Å². The van der Waals surface area contributed by atoms with Gasteiger partial charge in [-0.1, -0.05) is 95.4 Å². The molecule has 5 aromatic carbocycles. The first-order valence-corrected chi connectivity index (χ1v) is 15.4. The monoisotopic (exact) mass is 782 g/mol. The fourth-order valence-corrected chi connectivity index (χ4v) is 5.61. The van der Waals surface area contributed by atoms with E-state index in [1.165, 1.54) is 11.1 Å². The van der Waals surface area contributed by atoms with E-state index in [9.17, 15) is 0 Å². The van der Waals surface area contributed by atoms with Gasteiger partial charge in [-0.15, -0.1) is 36.4 Å². The van der Waals surface area contributed by atoms with Gasteiger partial charge in [0, 0.05) is 28.9 Å². The molecule has 0 saturated heterocycles. The van der Waals surface area contributed by atoms with Gasteiger partial charge in [-0.3, -0.25) is 9.36 Å². The second-order valence-electron chi connectivity index (χ2n) is 13.7. The van der Waals surface area contributed by atoms with Crippen molar-refractivity contribution >= 4 is 38.9 Å². The first-order valence-electron chi connectivity index (χ1n) is 15.4. The summed E-state index contributed by atoms with van der Waals surface area (Å²) >= 11 is 0. The average molecular weight is 783 g/mol. The molecule has 0 aliphatic heterocycles. The predicted octanol–water partition coefficient (Wildman–Crippen LogP) is 10.0. The summed E-state index contributed by atoms with van der Waals surface area (Å²) in [5, 5.41) is 11.9. The van der Waals surface area contributed by atoms with Crippen LogP contribution < -0.4 is 4.90 Å². The van der Waals surface area contributed by atoms with Crippen molar-refractivity contribution in [3.8, 4) is 11.4 Å². The summed E-state index contributed by atoms with van der Waals surface area (Å²) in [4.78, 5) is 2.25. The maximum Gasteiger partial charge on any atom is 2.00 e. The molecule has 0 atom stereocenters. The predicted molar refractivity (Wildman–Crippen MR) is 185 cm³/mol. The van der Waals surface area contributed by atoms with Crippen molar-refractivity contribution in [2.75, 3.05) is 4.90 Å². The molecule has 2 aromatic heterocycles. The molecule has 0 aliphatic carbocycles. The van der Waals surface area contributed by atoms with E-state index in [2.05, 4.69) is 138 Å². The molecule has 232 valence electrons. The van der Waals surface area contributed by atoms with Gasteiger partial charge < -0.3 is 4.90 Å². The Morgan fingerprint density at radius 2 is 0.978 bits per heavy atom. The Morgan fingerprint density at radius 1 is 0.543 bits per heavy atom. The number of rotatable bonds is 5. The van der Waals surface area contributed by atoms with Crippen LogP contribution in [0.1, 0.15) is 52.7 Å². The quantitative estimate of drug-likeness (QED) is 0.163. The van der Waals surface area contributed by atoms with E-state index in [0.717, 1.165) is 50.2 Å². The first kappa shape index (κ1) is 31.5. The van der Waals surface area contributed by atoms with Crippen molar-refractivity contribution in [2.45, 2.75) is 52.4 Å². The summed E-state index contributed by atoms with van der Waals surface area (Å²) in [5.41, 5.74) is 8.98. The fourth-order valence-electron chi connectivity index (χ4n) is 5.61. The molecule has 0 N–H and O–H groups in total. The van der Waals surface area contributed by atoms with Crippen LogP contribution in [0.3, 0.4) is 0 Å². The second kappa shape index (κ2) is 12.0. The minimum Gasteiger partial charge on any atom is -0.358 e. The van der Waals surface area contributed by atoms with Gasteiger partial charge in [-0.05, 0) is 57.6 Å². The van der Waals surface area contributed by atoms with Gasteiger partial charge in [-0.25, -0.2) is 0 Å².